The van der Waals surface area contributed by atoms with Crippen LogP contribution < -0.4 is 4.74 Å². The average molecular weight is 285 g/mol. The molecule has 2 heterocycles. The first-order valence-electron chi connectivity index (χ1n) is 6.45. The third-order valence-electron chi connectivity index (χ3n) is 3.07. The summed E-state index contributed by atoms with van der Waals surface area (Å²) in [7, 11) is 1.67. The molecule has 4 nitrogen and oxygen atoms in total. The van der Waals surface area contributed by atoms with Crippen molar-refractivity contribution in [3.63, 3.8) is 0 Å². The van der Waals surface area contributed by atoms with Crippen molar-refractivity contribution in [3.8, 4) is 17.0 Å². The standard InChI is InChI=1S/C15H15N3OS/c1-3-20-15-17-16-14(12-8-6-10-18(12)15)11-7-4-5-9-13(11)19-2/h4-10H,3H2,1-2H3. The Kier molecular flexibility index (Phi) is 3.60. The van der Waals surface area contributed by atoms with Crippen LogP contribution >= 0.6 is 11.8 Å². The fourth-order valence-corrected chi connectivity index (χ4v) is 2.85. The van der Waals surface area contributed by atoms with Crippen molar-refractivity contribution in [1.82, 2.24) is 14.6 Å². The number of para-hydroxylation sites is 1. The quantitative estimate of drug-likeness (QED) is 0.688. The SMILES string of the molecule is CCSc1nnc(-c2ccccc2OC)c2cccn12. The number of ether oxygens (including phenoxy) is 1. The van der Waals surface area contributed by atoms with Gasteiger partial charge in [-0.3, -0.25) is 4.40 Å². The highest BCUT2D eigenvalue weighted by Gasteiger charge is 2.13. The van der Waals surface area contributed by atoms with E-state index in [1.54, 1.807) is 18.9 Å². The largest absolute Gasteiger partial charge is 0.496 e. The Morgan fingerprint density at radius 3 is 2.80 bits per heavy atom. The number of fused-ring (bicyclic) bond motifs is 1. The molecule has 0 radical (unpaired) electrons. The molecule has 0 saturated carbocycles. The van der Waals surface area contributed by atoms with Crippen molar-refractivity contribution in [2.45, 2.75) is 12.1 Å². The second kappa shape index (κ2) is 5.54. The van der Waals surface area contributed by atoms with Crippen LogP contribution in [0.2, 0.25) is 0 Å². The fourth-order valence-electron chi connectivity index (χ4n) is 2.19. The molecule has 2 aromatic heterocycles. The van der Waals surface area contributed by atoms with Crippen LogP contribution in [0.3, 0.4) is 0 Å². The van der Waals surface area contributed by atoms with Crippen molar-refractivity contribution in [1.29, 1.82) is 0 Å². The summed E-state index contributed by atoms with van der Waals surface area (Å²) in [5.74, 6) is 1.77. The molecule has 3 aromatic rings. The lowest BCUT2D eigenvalue weighted by Gasteiger charge is -2.10. The number of thioether (sulfide) groups is 1. The summed E-state index contributed by atoms with van der Waals surface area (Å²) in [6.45, 7) is 2.11. The van der Waals surface area contributed by atoms with Crippen molar-refractivity contribution in [2.75, 3.05) is 12.9 Å². The molecule has 0 aliphatic carbocycles. The monoisotopic (exact) mass is 285 g/mol. The molecule has 0 N–H and O–H groups in total. The van der Waals surface area contributed by atoms with Crippen LogP contribution in [0.25, 0.3) is 16.8 Å². The molecule has 0 aliphatic rings. The van der Waals surface area contributed by atoms with E-state index in [0.717, 1.165) is 33.4 Å². The number of aromatic nitrogens is 3. The predicted molar refractivity (Wildman–Crippen MR) is 81.4 cm³/mol. The van der Waals surface area contributed by atoms with Gasteiger partial charge in [-0.05, 0) is 30.0 Å². The number of nitrogens with zero attached hydrogens (tertiary/aromatic N) is 3. The molecule has 1 aromatic carbocycles. The normalized spacial score (nSPS) is 10.9. The Hall–Kier alpha value is -2.01. The van der Waals surface area contributed by atoms with Gasteiger partial charge in [-0.25, -0.2) is 0 Å². The molecule has 0 amide bonds. The van der Waals surface area contributed by atoms with Crippen molar-refractivity contribution < 1.29 is 4.74 Å². The maximum Gasteiger partial charge on any atom is 0.194 e. The zero-order valence-electron chi connectivity index (χ0n) is 11.4. The van der Waals surface area contributed by atoms with Crippen LogP contribution in [0.15, 0.2) is 47.8 Å². The Bertz CT molecular complexity index is 739. The zero-order valence-corrected chi connectivity index (χ0v) is 12.2. The second-order valence-electron chi connectivity index (χ2n) is 4.23. The average Bonchev–Trinajstić information content (AvgIpc) is 2.98. The molecule has 0 bridgehead atoms. The molecule has 0 unspecified atom stereocenters. The van der Waals surface area contributed by atoms with Gasteiger partial charge in [0.05, 0.1) is 12.6 Å². The van der Waals surface area contributed by atoms with Gasteiger partial charge in [0.25, 0.3) is 0 Å². The molecule has 3 rings (SSSR count). The first-order chi connectivity index (χ1) is 9.85. The molecular weight excluding hydrogens is 270 g/mol. The van der Waals surface area contributed by atoms with Crippen LogP contribution in [0.4, 0.5) is 0 Å². The topological polar surface area (TPSA) is 39.4 Å². The summed E-state index contributed by atoms with van der Waals surface area (Å²) in [5, 5.41) is 9.65. The number of methoxy groups -OCH3 is 1. The fraction of sp³-hybridized carbons (Fsp3) is 0.200. The van der Waals surface area contributed by atoms with Gasteiger partial charge in [-0.2, -0.15) is 0 Å². The maximum atomic E-state index is 5.42. The van der Waals surface area contributed by atoms with E-state index in [4.69, 9.17) is 4.74 Å². The van der Waals surface area contributed by atoms with Crippen LogP contribution in [0.1, 0.15) is 6.92 Å². The van der Waals surface area contributed by atoms with Gasteiger partial charge in [-0.15, -0.1) is 10.2 Å². The molecule has 5 heteroatoms. The number of rotatable bonds is 4. The van der Waals surface area contributed by atoms with Gasteiger partial charge in [0.15, 0.2) is 5.16 Å². The summed E-state index contributed by atoms with van der Waals surface area (Å²) < 4.78 is 7.49. The molecule has 102 valence electrons. The van der Waals surface area contributed by atoms with E-state index in [9.17, 15) is 0 Å². The molecule has 0 spiro atoms. The van der Waals surface area contributed by atoms with Crippen molar-refractivity contribution in [3.05, 3.63) is 42.6 Å². The Balaban J connectivity index is 2.22. The molecule has 0 aliphatic heterocycles. The van der Waals surface area contributed by atoms with Gasteiger partial charge in [0.2, 0.25) is 0 Å². The zero-order chi connectivity index (χ0) is 13.9. The Morgan fingerprint density at radius 1 is 1.15 bits per heavy atom. The summed E-state index contributed by atoms with van der Waals surface area (Å²) in [6, 6.07) is 11.9. The summed E-state index contributed by atoms with van der Waals surface area (Å²) in [5.41, 5.74) is 2.84. The number of hydrogen-bond acceptors (Lipinski definition) is 4. The number of hydrogen-bond donors (Lipinski definition) is 0. The van der Waals surface area contributed by atoms with Crippen LogP contribution in [-0.4, -0.2) is 27.5 Å². The molecule has 0 atom stereocenters. The van der Waals surface area contributed by atoms with Gasteiger partial charge in [-0.1, -0.05) is 30.8 Å². The van der Waals surface area contributed by atoms with E-state index < -0.39 is 0 Å². The van der Waals surface area contributed by atoms with Crippen molar-refractivity contribution in [2.24, 2.45) is 0 Å². The van der Waals surface area contributed by atoms with E-state index in [1.807, 2.05) is 36.5 Å². The van der Waals surface area contributed by atoms with Crippen molar-refractivity contribution >= 4 is 17.3 Å². The third-order valence-corrected chi connectivity index (χ3v) is 3.89. The Morgan fingerprint density at radius 2 is 2.00 bits per heavy atom. The first kappa shape index (κ1) is 13.0. The van der Waals surface area contributed by atoms with Crippen LogP contribution in [0, 0.1) is 0 Å². The Labute approximate surface area is 121 Å². The summed E-state index contributed by atoms with van der Waals surface area (Å²) in [6.07, 6.45) is 2.01. The highest BCUT2D eigenvalue weighted by Crippen LogP contribution is 2.32. The van der Waals surface area contributed by atoms with Crippen LogP contribution in [-0.2, 0) is 0 Å². The maximum absolute atomic E-state index is 5.42. The molecule has 20 heavy (non-hydrogen) atoms. The van der Waals surface area contributed by atoms with Crippen LogP contribution in [0.5, 0.6) is 5.75 Å². The minimum absolute atomic E-state index is 0.806. The highest BCUT2D eigenvalue weighted by atomic mass is 32.2. The lowest BCUT2D eigenvalue weighted by molar-refractivity contribution is 0.416. The summed E-state index contributed by atoms with van der Waals surface area (Å²) >= 11 is 1.68. The molecular formula is C15H15N3OS. The number of benzene rings is 1. The van der Waals surface area contributed by atoms with E-state index in [2.05, 4.69) is 27.6 Å². The van der Waals surface area contributed by atoms with E-state index in [1.165, 1.54) is 0 Å². The van der Waals surface area contributed by atoms with Gasteiger partial charge in [0, 0.05) is 11.8 Å². The highest BCUT2D eigenvalue weighted by molar-refractivity contribution is 7.99. The molecule has 0 saturated heterocycles. The lowest BCUT2D eigenvalue weighted by Crippen LogP contribution is -2.00. The van der Waals surface area contributed by atoms with E-state index in [-0.39, 0.29) is 0 Å². The first-order valence-corrected chi connectivity index (χ1v) is 7.43. The van der Waals surface area contributed by atoms with Gasteiger partial charge < -0.3 is 4.74 Å². The van der Waals surface area contributed by atoms with Gasteiger partial charge in [0.1, 0.15) is 11.4 Å². The minimum Gasteiger partial charge on any atom is -0.496 e. The lowest BCUT2D eigenvalue weighted by atomic mass is 10.1. The molecule has 0 fully saturated rings. The third kappa shape index (κ3) is 2.14. The summed E-state index contributed by atoms with van der Waals surface area (Å²) in [4.78, 5) is 0. The second-order valence-corrected chi connectivity index (χ2v) is 5.46. The van der Waals surface area contributed by atoms with E-state index in [0.29, 0.717) is 0 Å². The predicted octanol–water partition coefficient (Wildman–Crippen LogP) is 3.52. The van der Waals surface area contributed by atoms with Gasteiger partial charge >= 0.3 is 0 Å². The minimum atomic E-state index is 0.806. The smallest absolute Gasteiger partial charge is 0.194 e. The van der Waals surface area contributed by atoms with E-state index >= 15 is 0 Å².